The number of anilines is 1. The molecule has 134 valence electrons. The van der Waals surface area contributed by atoms with Gasteiger partial charge in [-0.3, -0.25) is 9.59 Å². The van der Waals surface area contributed by atoms with Crippen LogP contribution in [0.2, 0.25) is 0 Å². The van der Waals surface area contributed by atoms with Crippen LogP contribution in [-0.4, -0.2) is 35.4 Å². The number of hydrogen-bond donors (Lipinski definition) is 1. The number of esters is 1. The Bertz CT molecular complexity index is 872. The van der Waals surface area contributed by atoms with Gasteiger partial charge in [0.15, 0.2) is 6.10 Å². The van der Waals surface area contributed by atoms with Gasteiger partial charge in [0.25, 0.3) is 0 Å². The Morgan fingerprint density at radius 1 is 1.08 bits per heavy atom. The lowest BCUT2D eigenvalue weighted by Crippen LogP contribution is -2.26. The molecule has 0 bridgehead atoms. The van der Waals surface area contributed by atoms with Crippen LogP contribution in [0.5, 0.6) is 5.75 Å². The molecule has 1 aliphatic rings. The Labute approximate surface area is 151 Å². The summed E-state index contributed by atoms with van der Waals surface area (Å²) in [5.41, 5.74) is 2.46. The Balaban J connectivity index is 1.72. The van der Waals surface area contributed by atoms with Crippen molar-refractivity contribution >= 4 is 23.3 Å². The van der Waals surface area contributed by atoms with E-state index in [0.29, 0.717) is 18.5 Å². The second kappa shape index (κ2) is 7.00. The molecule has 2 aromatic rings. The topological polar surface area (TPSA) is 83.9 Å². The van der Waals surface area contributed by atoms with Crippen LogP contribution in [0.3, 0.4) is 0 Å². The predicted octanol–water partition coefficient (Wildman–Crippen LogP) is 2.73. The summed E-state index contributed by atoms with van der Waals surface area (Å²) in [4.78, 5) is 38.0. The molecule has 0 aromatic heterocycles. The quantitative estimate of drug-likeness (QED) is 0.675. The summed E-state index contributed by atoms with van der Waals surface area (Å²) in [6.45, 7) is 3.64. The van der Waals surface area contributed by atoms with Gasteiger partial charge in [0.05, 0.1) is 5.56 Å². The number of ether oxygens (including phenoxy) is 1. The number of Topliss-reactive ketones (excluding diaryl/α,β-unsaturated/α-hetero) is 1. The molecule has 0 unspecified atom stereocenters. The fourth-order valence-corrected chi connectivity index (χ4v) is 3.00. The SMILES string of the molecule is CC(=O)N1CCc2cc(C(=O)[C@H](C)OC(=O)c3ccc(O)cc3)ccc21. The van der Waals surface area contributed by atoms with Crippen LogP contribution >= 0.6 is 0 Å². The van der Waals surface area contributed by atoms with Crippen LogP contribution in [0.1, 0.15) is 40.1 Å². The number of benzene rings is 2. The third-order valence-corrected chi connectivity index (χ3v) is 4.40. The lowest BCUT2D eigenvalue weighted by molar-refractivity contribution is -0.116. The Kier molecular flexibility index (Phi) is 4.75. The molecule has 1 atom stereocenters. The smallest absolute Gasteiger partial charge is 0.338 e. The van der Waals surface area contributed by atoms with Crippen LogP contribution < -0.4 is 4.90 Å². The lowest BCUT2D eigenvalue weighted by atomic mass is 10.0. The highest BCUT2D eigenvalue weighted by Crippen LogP contribution is 2.29. The molecule has 0 spiro atoms. The monoisotopic (exact) mass is 353 g/mol. The van der Waals surface area contributed by atoms with Gasteiger partial charge in [-0.1, -0.05) is 0 Å². The zero-order valence-corrected chi connectivity index (χ0v) is 14.6. The van der Waals surface area contributed by atoms with Crippen LogP contribution in [0.25, 0.3) is 0 Å². The fourth-order valence-electron chi connectivity index (χ4n) is 3.00. The predicted molar refractivity (Wildman–Crippen MR) is 95.5 cm³/mol. The minimum absolute atomic E-state index is 0.0287. The first-order valence-corrected chi connectivity index (χ1v) is 8.32. The number of phenols is 1. The minimum Gasteiger partial charge on any atom is -0.508 e. The summed E-state index contributed by atoms with van der Waals surface area (Å²) in [6.07, 6.45) is -0.253. The van der Waals surface area contributed by atoms with Gasteiger partial charge in [-0.15, -0.1) is 0 Å². The fraction of sp³-hybridized carbons (Fsp3) is 0.250. The molecule has 0 fully saturated rings. The molecule has 0 saturated heterocycles. The maximum Gasteiger partial charge on any atom is 0.338 e. The van der Waals surface area contributed by atoms with E-state index in [0.717, 1.165) is 11.3 Å². The number of ketones is 1. The summed E-state index contributed by atoms with van der Waals surface area (Å²) in [6, 6.07) is 10.8. The number of carbonyl (C=O) groups excluding carboxylic acids is 3. The van der Waals surface area contributed by atoms with E-state index in [-0.39, 0.29) is 23.0 Å². The van der Waals surface area contributed by atoms with Crippen molar-refractivity contribution in [3.63, 3.8) is 0 Å². The summed E-state index contributed by atoms with van der Waals surface area (Å²) in [5, 5.41) is 9.26. The first kappa shape index (κ1) is 17.7. The van der Waals surface area contributed by atoms with Crippen LogP contribution in [-0.2, 0) is 16.0 Å². The third-order valence-electron chi connectivity index (χ3n) is 4.40. The van der Waals surface area contributed by atoms with Crippen molar-refractivity contribution in [2.24, 2.45) is 0 Å². The molecule has 6 nitrogen and oxygen atoms in total. The van der Waals surface area contributed by atoms with E-state index in [4.69, 9.17) is 4.74 Å². The van der Waals surface area contributed by atoms with E-state index in [9.17, 15) is 19.5 Å². The van der Waals surface area contributed by atoms with Gasteiger partial charge in [0, 0.05) is 24.7 Å². The normalized spacial score (nSPS) is 13.8. The molecule has 2 aromatic carbocycles. The maximum absolute atomic E-state index is 12.6. The standard InChI is InChI=1S/C20H19NO5/c1-12(26-20(25)14-3-6-17(23)7-4-14)19(24)16-5-8-18-15(11-16)9-10-21(18)13(2)22/h3-8,11-12,23H,9-10H2,1-2H3/t12-/m0/s1. The summed E-state index contributed by atoms with van der Waals surface area (Å²) < 4.78 is 5.24. The summed E-state index contributed by atoms with van der Waals surface area (Å²) >= 11 is 0. The minimum atomic E-state index is -0.945. The highest BCUT2D eigenvalue weighted by molar-refractivity contribution is 6.02. The first-order valence-electron chi connectivity index (χ1n) is 8.32. The number of phenolic OH excluding ortho intramolecular Hbond substituents is 1. The molecule has 1 amide bonds. The van der Waals surface area contributed by atoms with Crippen molar-refractivity contribution in [1.29, 1.82) is 0 Å². The third kappa shape index (κ3) is 3.44. The zero-order chi connectivity index (χ0) is 18.8. The molecule has 3 rings (SSSR count). The Hall–Kier alpha value is -3.15. The highest BCUT2D eigenvalue weighted by atomic mass is 16.5. The van der Waals surface area contributed by atoms with Crippen molar-refractivity contribution < 1.29 is 24.2 Å². The molecule has 1 heterocycles. The molecule has 0 saturated carbocycles. The van der Waals surface area contributed by atoms with Crippen molar-refractivity contribution in [1.82, 2.24) is 0 Å². The van der Waals surface area contributed by atoms with Crippen LogP contribution in [0.15, 0.2) is 42.5 Å². The van der Waals surface area contributed by atoms with Gasteiger partial charge < -0.3 is 14.7 Å². The van der Waals surface area contributed by atoms with Crippen molar-refractivity contribution in [3.8, 4) is 5.75 Å². The van der Waals surface area contributed by atoms with E-state index >= 15 is 0 Å². The second-order valence-electron chi connectivity index (χ2n) is 6.22. The van der Waals surface area contributed by atoms with Crippen LogP contribution in [0, 0.1) is 0 Å². The number of fused-ring (bicyclic) bond motifs is 1. The maximum atomic E-state index is 12.6. The van der Waals surface area contributed by atoms with Crippen molar-refractivity contribution in [2.75, 3.05) is 11.4 Å². The van der Waals surface area contributed by atoms with Crippen molar-refractivity contribution in [2.45, 2.75) is 26.4 Å². The molecule has 1 N–H and O–H groups in total. The summed E-state index contributed by atoms with van der Waals surface area (Å²) in [7, 11) is 0. The average molecular weight is 353 g/mol. The van der Waals surface area contributed by atoms with Crippen molar-refractivity contribution in [3.05, 3.63) is 59.2 Å². The number of rotatable bonds is 4. The van der Waals surface area contributed by atoms with E-state index < -0.39 is 12.1 Å². The van der Waals surface area contributed by atoms with Gasteiger partial charge in [-0.05, 0) is 61.4 Å². The molecule has 1 aliphatic heterocycles. The number of amides is 1. The number of hydrogen-bond acceptors (Lipinski definition) is 5. The molecule has 0 radical (unpaired) electrons. The van der Waals surface area contributed by atoms with Gasteiger partial charge in [0.1, 0.15) is 5.75 Å². The molecular formula is C20H19NO5. The van der Waals surface area contributed by atoms with E-state index in [1.807, 2.05) is 0 Å². The van der Waals surface area contributed by atoms with Gasteiger partial charge in [-0.2, -0.15) is 0 Å². The second-order valence-corrected chi connectivity index (χ2v) is 6.22. The highest BCUT2D eigenvalue weighted by Gasteiger charge is 2.25. The Morgan fingerprint density at radius 2 is 1.73 bits per heavy atom. The lowest BCUT2D eigenvalue weighted by Gasteiger charge is -2.16. The van der Waals surface area contributed by atoms with Gasteiger partial charge in [-0.25, -0.2) is 4.79 Å². The van der Waals surface area contributed by atoms with Gasteiger partial charge >= 0.3 is 5.97 Å². The number of carbonyl (C=O) groups is 3. The van der Waals surface area contributed by atoms with E-state index in [2.05, 4.69) is 0 Å². The molecular weight excluding hydrogens is 334 g/mol. The molecule has 6 heteroatoms. The Morgan fingerprint density at radius 3 is 2.38 bits per heavy atom. The van der Waals surface area contributed by atoms with Gasteiger partial charge in [0.2, 0.25) is 11.7 Å². The van der Waals surface area contributed by atoms with E-state index in [1.165, 1.54) is 38.1 Å². The largest absolute Gasteiger partial charge is 0.508 e. The van der Waals surface area contributed by atoms with E-state index in [1.54, 1.807) is 23.1 Å². The average Bonchev–Trinajstić information content (AvgIpc) is 3.04. The number of aromatic hydroxyl groups is 1. The van der Waals surface area contributed by atoms with Crippen LogP contribution in [0.4, 0.5) is 5.69 Å². The molecule has 0 aliphatic carbocycles. The first-order chi connectivity index (χ1) is 12.4. The zero-order valence-electron chi connectivity index (χ0n) is 14.6. The molecule has 26 heavy (non-hydrogen) atoms. The number of nitrogens with zero attached hydrogens (tertiary/aromatic N) is 1. The summed E-state index contributed by atoms with van der Waals surface area (Å²) in [5.74, 6) is -0.918.